The standard InChI is InChI=1S/C10H25N3/c1-9(2)10(3,11)13(5)8-6-7-12-4/h9,12H,6-8,11H2,1-5H3. The van der Waals surface area contributed by atoms with Crippen molar-refractivity contribution in [3.05, 3.63) is 0 Å². The van der Waals surface area contributed by atoms with Gasteiger partial charge in [-0.25, -0.2) is 0 Å². The van der Waals surface area contributed by atoms with E-state index in [1.807, 2.05) is 7.05 Å². The van der Waals surface area contributed by atoms with Gasteiger partial charge in [0, 0.05) is 6.54 Å². The predicted molar refractivity (Wildman–Crippen MR) is 58.6 cm³/mol. The van der Waals surface area contributed by atoms with Crippen molar-refractivity contribution in [2.45, 2.75) is 32.9 Å². The van der Waals surface area contributed by atoms with Crippen molar-refractivity contribution in [3.8, 4) is 0 Å². The van der Waals surface area contributed by atoms with Gasteiger partial charge in [0.2, 0.25) is 0 Å². The topological polar surface area (TPSA) is 41.3 Å². The number of hydrogen-bond donors (Lipinski definition) is 2. The maximum Gasteiger partial charge on any atom is 0.0679 e. The molecule has 3 N–H and O–H groups in total. The van der Waals surface area contributed by atoms with Crippen LogP contribution in [0.4, 0.5) is 0 Å². The Morgan fingerprint density at radius 2 is 2.00 bits per heavy atom. The van der Waals surface area contributed by atoms with E-state index in [9.17, 15) is 0 Å². The van der Waals surface area contributed by atoms with E-state index in [2.05, 4.69) is 38.0 Å². The zero-order chi connectivity index (χ0) is 10.5. The zero-order valence-corrected chi connectivity index (χ0v) is 9.72. The first-order valence-electron chi connectivity index (χ1n) is 5.07. The van der Waals surface area contributed by atoms with Gasteiger partial charge < -0.3 is 11.1 Å². The minimum Gasteiger partial charge on any atom is -0.320 e. The van der Waals surface area contributed by atoms with E-state index in [1.54, 1.807) is 0 Å². The van der Waals surface area contributed by atoms with Gasteiger partial charge in [0.25, 0.3) is 0 Å². The molecule has 3 nitrogen and oxygen atoms in total. The molecule has 0 fully saturated rings. The number of nitrogens with one attached hydrogen (secondary N) is 1. The zero-order valence-electron chi connectivity index (χ0n) is 9.72. The third-order valence-corrected chi connectivity index (χ3v) is 2.91. The summed E-state index contributed by atoms with van der Waals surface area (Å²) in [5, 5.41) is 3.14. The molecule has 1 unspecified atom stereocenters. The molecule has 0 saturated heterocycles. The molecule has 0 aromatic rings. The molecule has 13 heavy (non-hydrogen) atoms. The Labute approximate surface area is 82.7 Å². The SMILES string of the molecule is CNCCCN(C)C(C)(N)C(C)C. The molecular formula is C10H25N3. The van der Waals surface area contributed by atoms with Gasteiger partial charge in [-0.05, 0) is 39.9 Å². The number of nitrogens with zero attached hydrogens (tertiary/aromatic N) is 1. The summed E-state index contributed by atoms with van der Waals surface area (Å²) in [5.41, 5.74) is 6.00. The van der Waals surface area contributed by atoms with Gasteiger partial charge in [0.15, 0.2) is 0 Å². The summed E-state index contributed by atoms with van der Waals surface area (Å²) >= 11 is 0. The van der Waals surface area contributed by atoms with Crippen molar-refractivity contribution >= 4 is 0 Å². The van der Waals surface area contributed by atoms with Crippen LogP contribution in [0.2, 0.25) is 0 Å². The fraction of sp³-hybridized carbons (Fsp3) is 1.00. The van der Waals surface area contributed by atoms with Crippen LogP contribution in [0.25, 0.3) is 0 Å². The van der Waals surface area contributed by atoms with Crippen LogP contribution in [0.3, 0.4) is 0 Å². The van der Waals surface area contributed by atoms with E-state index in [0.717, 1.165) is 19.5 Å². The highest BCUT2D eigenvalue weighted by molar-refractivity contribution is 4.80. The molecule has 80 valence electrons. The molecule has 0 aliphatic carbocycles. The van der Waals surface area contributed by atoms with Crippen LogP contribution in [0.5, 0.6) is 0 Å². The van der Waals surface area contributed by atoms with Crippen molar-refractivity contribution in [3.63, 3.8) is 0 Å². The summed E-state index contributed by atoms with van der Waals surface area (Å²) in [7, 11) is 4.07. The smallest absolute Gasteiger partial charge is 0.0679 e. The maximum absolute atomic E-state index is 6.19. The van der Waals surface area contributed by atoms with Crippen LogP contribution in [-0.4, -0.2) is 37.7 Å². The van der Waals surface area contributed by atoms with Gasteiger partial charge in [0.05, 0.1) is 5.66 Å². The fourth-order valence-corrected chi connectivity index (χ4v) is 1.17. The molecule has 0 aromatic heterocycles. The lowest BCUT2D eigenvalue weighted by Gasteiger charge is -2.38. The molecule has 0 aliphatic rings. The molecule has 0 bridgehead atoms. The molecule has 0 radical (unpaired) electrons. The summed E-state index contributed by atoms with van der Waals surface area (Å²) < 4.78 is 0. The Bertz CT molecular complexity index is 132. The van der Waals surface area contributed by atoms with Gasteiger partial charge in [-0.2, -0.15) is 0 Å². The minimum absolute atomic E-state index is 0.187. The molecule has 0 spiro atoms. The van der Waals surface area contributed by atoms with Gasteiger partial charge in [-0.1, -0.05) is 13.8 Å². The highest BCUT2D eigenvalue weighted by Gasteiger charge is 2.27. The van der Waals surface area contributed by atoms with E-state index >= 15 is 0 Å². The Morgan fingerprint density at radius 3 is 2.38 bits per heavy atom. The Kier molecular flexibility index (Phi) is 5.53. The third-order valence-electron chi connectivity index (χ3n) is 2.91. The normalized spacial score (nSPS) is 16.6. The molecule has 0 amide bonds. The third kappa shape index (κ3) is 4.07. The Hall–Kier alpha value is -0.120. The minimum atomic E-state index is -0.187. The van der Waals surface area contributed by atoms with Crippen molar-refractivity contribution in [1.29, 1.82) is 0 Å². The maximum atomic E-state index is 6.19. The molecule has 1 atom stereocenters. The lowest BCUT2D eigenvalue weighted by Crippen LogP contribution is -2.56. The van der Waals surface area contributed by atoms with Crippen molar-refractivity contribution in [2.75, 3.05) is 27.2 Å². The second-order valence-electron chi connectivity index (χ2n) is 4.26. The number of nitrogens with two attached hydrogens (primary N) is 1. The van der Waals surface area contributed by atoms with Crippen LogP contribution in [0.1, 0.15) is 27.2 Å². The van der Waals surface area contributed by atoms with E-state index in [0.29, 0.717) is 5.92 Å². The van der Waals surface area contributed by atoms with E-state index in [4.69, 9.17) is 5.73 Å². The molecule has 0 aliphatic heterocycles. The average molecular weight is 187 g/mol. The molecule has 3 heteroatoms. The lowest BCUT2D eigenvalue weighted by atomic mass is 9.97. The van der Waals surface area contributed by atoms with Crippen molar-refractivity contribution in [2.24, 2.45) is 11.7 Å². The van der Waals surface area contributed by atoms with Crippen LogP contribution in [0, 0.1) is 5.92 Å². The van der Waals surface area contributed by atoms with Gasteiger partial charge >= 0.3 is 0 Å². The lowest BCUT2D eigenvalue weighted by molar-refractivity contribution is 0.0923. The first-order chi connectivity index (χ1) is 5.92. The quantitative estimate of drug-likeness (QED) is 0.479. The van der Waals surface area contributed by atoms with Crippen LogP contribution >= 0.6 is 0 Å². The van der Waals surface area contributed by atoms with Crippen molar-refractivity contribution < 1.29 is 0 Å². The fourth-order valence-electron chi connectivity index (χ4n) is 1.17. The highest BCUT2D eigenvalue weighted by Crippen LogP contribution is 2.16. The van der Waals surface area contributed by atoms with Gasteiger partial charge in [-0.15, -0.1) is 0 Å². The summed E-state index contributed by atoms with van der Waals surface area (Å²) in [4.78, 5) is 2.23. The molecule has 0 rings (SSSR count). The summed E-state index contributed by atoms with van der Waals surface area (Å²) in [6.45, 7) is 8.52. The average Bonchev–Trinajstić information content (AvgIpc) is 2.04. The first-order valence-corrected chi connectivity index (χ1v) is 5.07. The van der Waals surface area contributed by atoms with E-state index in [1.165, 1.54) is 0 Å². The van der Waals surface area contributed by atoms with E-state index < -0.39 is 0 Å². The van der Waals surface area contributed by atoms with Gasteiger partial charge in [-0.3, -0.25) is 4.90 Å². The Morgan fingerprint density at radius 1 is 1.46 bits per heavy atom. The summed E-state index contributed by atoms with van der Waals surface area (Å²) in [5.74, 6) is 0.479. The Balaban J connectivity index is 3.87. The van der Waals surface area contributed by atoms with Crippen molar-refractivity contribution in [1.82, 2.24) is 10.2 Å². The monoisotopic (exact) mass is 187 g/mol. The second-order valence-corrected chi connectivity index (χ2v) is 4.26. The molecular weight excluding hydrogens is 162 g/mol. The predicted octanol–water partition coefficient (Wildman–Crippen LogP) is 0.859. The van der Waals surface area contributed by atoms with E-state index in [-0.39, 0.29) is 5.66 Å². The number of rotatable bonds is 6. The molecule has 0 aromatic carbocycles. The number of hydrogen-bond acceptors (Lipinski definition) is 3. The summed E-state index contributed by atoms with van der Waals surface area (Å²) in [6.07, 6.45) is 1.15. The second kappa shape index (κ2) is 5.58. The van der Waals surface area contributed by atoms with Gasteiger partial charge in [0.1, 0.15) is 0 Å². The molecule has 0 saturated carbocycles. The van der Waals surface area contributed by atoms with Crippen LogP contribution in [0.15, 0.2) is 0 Å². The highest BCUT2D eigenvalue weighted by atomic mass is 15.2. The molecule has 0 heterocycles. The van der Waals surface area contributed by atoms with Crippen LogP contribution in [-0.2, 0) is 0 Å². The summed E-state index contributed by atoms with van der Waals surface area (Å²) in [6, 6.07) is 0. The largest absolute Gasteiger partial charge is 0.320 e. The first kappa shape index (κ1) is 12.9. The van der Waals surface area contributed by atoms with Crippen LogP contribution < -0.4 is 11.1 Å².